The number of hydrogen-bond acceptors (Lipinski definition) is 3. The van der Waals surface area contributed by atoms with E-state index in [2.05, 4.69) is 34.6 Å². The minimum Gasteiger partial charge on any atom is -0.460 e. The Hall–Kier alpha value is -2.07. The molecule has 0 aliphatic carbocycles. The van der Waals surface area contributed by atoms with Crippen LogP contribution < -0.4 is 5.32 Å². The van der Waals surface area contributed by atoms with E-state index in [-0.39, 0.29) is 0 Å². The maximum Gasteiger partial charge on any atom is 0.134 e. The highest BCUT2D eigenvalue weighted by molar-refractivity contribution is 5.77. The number of para-hydroxylation sites is 1. The molecule has 0 radical (unpaired) electrons. The van der Waals surface area contributed by atoms with Gasteiger partial charge in [0.05, 0.1) is 12.7 Å². The average Bonchev–Trinajstić information content (AvgIpc) is 3.04. The molecule has 0 unspecified atom stereocenters. The van der Waals surface area contributed by atoms with E-state index in [1.54, 1.807) is 0 Å². The number of fused-ring (bicyclic) bond motifs is 1. The van der Waals surface area contributed by atoms with Gasteiger partial charge in [0.1, 0.15) is 11.3 Å². The number of aromatic amines is 1. The van der Waals surface area contributed by atoms with Gasteiger partial charge in [-0.05, 0) is 44.0 Å². The molecule has 3 aromatic rings. The van der Waals surface area contributed by atoms with Gasteiger partial charge in [0.2, 0.25) is 0 Å². The van der Waals surface area contributed by atoms with E-state index in [4.69, 9.17) is 4.42 Å². The van der Waals surface area contributed by atoms with E-state index >= 15 is 0 Å². The third kappa shape index (κ3) is 2.91. The lowest BCUT2D eigenvalue weighted by molar-refractivity contribution is 0.510. The van der Waals surface area contributed by atoms with Crippen LogP contribution in [0.25, 0.3) is 11.0 Å². The van der Waals surface area contributed by atoms with Crippen molar-refractivity contribution in [3.8, 4) is 0 Å². The molecule has 4 heteroatoms. The Morgan fingerprint density at radius 1 is 1.30 bits per heavy atom. The molecule has 2 aromatic heterocycles. The normalized spacial score (nSPS) is 11.2. The summed E-state index contributed by atoms with van der Waals surface area (Å²) >= 11 is 0. The van der Waals surface area contributed by atoms with Crippen LogP contribution in [0.5, 0.6) is 0 Å². The molecule has 104 valence electrons. The Labute approximate surface area is 118 Å². The van der Waals surface area contributed by atoms with Gasteiger partial charge in [0.15, 0.2) is 0 Å². The first-order valence-corrected chi connectivity index (χ1v) is 7.00. The summed E-state index contributed by atoms with van der Waals surface area (Å²) in [5, 5.41) is 11.6. The number of nitrogens with one attached hydrogen (secondary N) is 2. The molecule has 0 saturated carbocycles. The zero-order valence-corrected chi connectivity index (χ0v) is 11.6. The fraction of sp³-hybridized carbons (Fsp3) is 0.312. The van der Waals surface area contributed by atoms with Crippen LogP contribution in [0, 0.1) is 6.92 Å². The molecule has 2 N–H and O–H groups in total. The second-order valence-corrected chi connectivity index (χ2v) is 5.05. The largest absolute Gasteiger partial charge is 0.460 e. The molecule has 20 heavy (non-hydrogen) atoms. The summed E-state index contributed by atoms with van der Waals surface area (Å²) < 4.78 is 5.76. The molecule has 0 atom stereocenters. The summed E-state index contributed by atoms with van der Waals surface area (Å²) in [4.78, 5) is 0. The summed E-state index contributed by atoms with van der Waals surface area (Å²) in [5.41, 5.74) is 3.43. The molecule has 0 bridgehead atoms. The lowest BCUT2D eigenvalue weighted by Gasteiger charge is -2.02. The SMILES string of the molecule is Cc1[nH]ncc1CCCNCc1cc2ccccc2o1. The molecule has 0 amide bonds. The maximum atomic E-state index is 5.76. The first-order valence-electron chi connectivity index (χ1n) is 7.00. The highest BCUT2D eigenvalue weighted by atomic mass is 16.3. The van der Waals surface area contributed by atoms with Crippen molar-refractivity contribution in [1.82, 2.24) is 15.5 Å². The Balaban J connectivity index is 1.44. The minimum absolute atomic E-state index is 0.777. The molecule has 0 aliphatic rings. The number of benzene rings is 1. The monoisotopic (exact) mass is 269 g/mol. The second kappa shape index (κ2) is 5.92. The summed E-state index contributed by atoms with van der Waals surface area (Å²) in [6.07, 6.45) is 4.06. The topological polar surface area (TPSA) is 53.9 Å². The van der Waals surface area contributed by atoms with Gasteiger partial charge >= 0.3 is 0 Å². The van der Waals surface area contributed by atoms with Gasteiger partial charge in [-0.2, -0.15) is 5.10 Å². The van der Waals surface area contributed by atoms with Crippen molar-refractivity contribution < 1.29 is 4.42 Å². The number of H-pyrrole nitrogens is 1. The van der Waals surface area contributed by atoms with Gasteiger partial charge in [0, 0.05) is 11.1 Å². The standard InChI is InChI=1S/C16H19N3O/c1-12-14(10-18-19-12)6-4-8-17-11-15-9-13-5-2-3-7-16(13)20-15/h2-3,5,7,9-10,17H,4,6,8,11H2,1H3,(H,18,19). The average molecular weight is 269 g/mol. The fourth-order valence-corrected chi connectivity index (χ4v) is 2.37. The zero-order chi connectivity index (χ0) is 13.8. The van der Waals surface area contributed by atoms with Crippen LogP contribution in [0.15, 0.2) is 40.9 Å². The van der Waals surface area contributed by atoms with Gasteiger partial charge < -0.3 is 9.73 Å². The van der Waals surface area contributed by atoms with Crippen LogP contribution in [-0.2, 0) is 13.0 Å². The number of furan rings is 1. The molecule has 4 nitrogen and oxygen atoms in total. The van der Waals surface area contributed by atoms with E-state index in [0.717, 1.165) is 37.3 Å². The van der Waals surface area contributed by atoms with Gasteiger partial charge in [0.25, 0.3) is 0 Å². The quantitative estimate of drug-likeness (QED) is 0.676. The predicted octanol–water partition coefficient (Wildman–Crippen LogP) is 3.19. The van der Waals surface area contributed by atoms with Crippen molar-refractivity contribution in [3.05, 3.63) is 53.5 Å². The molecular formula is C16H19N3O. The highest BCUT2D eigenvalue weighted by Gasteiger charge is 2.03. The van der Waals surface area contributed by atoms with E-state index in [1.807, 2.05) is 24.4 Å². The number of aromatic nitrogens is 2. The third-order valence-electron chi connectivity index (χ3n) is 3.51. The van der Waals surface area contributed by atoms with Gasteiger partial charge in [-0.25, -0.2) is 0 Å². The number of hydrogen-bond donors (Lipinski definition) is 2. The van der Waals surface area contributed by atoms with E-state index < -0.39 is 0 Å². The molecule has 0 spiro atoms. The molecule has 0 fully saturated rings. The van der Waals surface area contributed by atoms with Crippen molar-refractivity contribution >= 4 is 11.0 Å². The maximum absolute atomic E-state index is 5.76. The van der Waals surface area contributed by atoms with Crippen LogP contribution >= 0.6 is 0 Å². The Morgan fingerprint density at radius 3 is 3.00 bits per heavy atom. The zero-order valence-electron chi connectivity index (χ0n) is 11.6. The number of aryl methyl sites for hydroxylation is 2. The lowest BCUT2D eigenvalue weighted by atomic mass is 10.1. The van der Waals surface area contributed by atoms with Crippen LogP contribution in [0.2, 0.25) is 0 Å². The molecule has 3 rings (SSSR count). The predicted molar refractivity (Wildman–Crippen MR) is 79.6 cm³/mol. The molecule has 0 saturated heterocycles. The molecule has 2 heterocycles. The van der Waals surface area contributed by atoms with Crippen molar-refractivity contribution in [1.29, 1.82) is 0 Å². The van der Waals surface area contributed by atoms with Crippen LogP contribution in [0.4, 0.5) is 0 Å². The van der Waals surface area contributed by atoms with Crippen molar-refractivity contribution in [3.63, 3.8) is 0 Å². The summed E-state index contributed by atoms with van der Waals surface area (Å²) in [5.74, 6) is 0.991. The van der Waals surface area contributed by atoms with Gasteiger partial charge in [-0.1, -0.05) is 18.2 Å². The van der Waals surface area contributed by atoms with Crippen molar-refractivity contribution in [2.24, 2.45) is 0 Å². The molecular weight excluding hydrogens is 250 g/mol. The van der Waals surface area contributed by atoms with Crippen LogP contribution in [-0.4, -0.2) is 16.7 Å². The lowest BCUT2D eigenvalue weighted by Crippen LogP contribution is -2.14. The first kappa shape index (κ1) is 12.9. The number of nitrogens with zero attached hydrogens (tertiary/aromatic N) is 1. The Bertz CT molecular complexity index is 651. The van der Waals surface area contributed by atoms with E-state index in [1.165, 1.54) is 16.6 Å². The minimum atomic E-state index is 0.777. The summed E-state index contributed by atoms with van der Waals surface area (Å²) in [6.45, 7) is 3.81. The van der Waals surface area contributed by atoms with E-state index in [9.17, 15) is 0 Å². The molecule has 0 aliphatic heterocycles. The summed E-state index contributed by atoms with van der Waals surface area (Å²) in [6, 6.07) is 10.2. The highest BCUT2D eigenvalue weighted by Crippen LogP contribution is 2.18. The van der Waals surface area contributed by atoms with Crippen LogP contribution in [0.3, 0.4) is 0 Å². The third-order valence-corrected chi connectivity index (χ3v) is 3.51. The summed E-state index contributed by atoms with van der Waals surface area (Å²) in [7, 11) is 0. The second-order valence-electron chi connectivity index (χ2n) is 5.05. The van der Waals surface area contributed by atoms with Crippen molar-refractivity contribution in [2.75, 3.05) is 6.54 Å². The molecule has 1 aromatic carbocycles. The van der Waals surface area contributed by atoms with E-state index in [0.29, 0.717) is 0 Å². The Kier molecular flexibility index (Phi) is 3.83. The number of rotatable bonds is 6. The van der Waals surface area contributed by atoms with Gasteiger partial charge in [-0.3, -0.25) is 5.10 Å². The van der Waals surface area contributed by atoms with Crippen LogP contribution in [0.1, 0.15) is 23.4 Å². The first-order chi connectivity index (χ1) is 9.83. The Morgan fingerprint density at radius 2 is 2.20 bits per heavy atom. The van der Waals surface area contributed by atoms with Gasteiger partial charge in [-0.15, -0.1) is 0 Å². The van der Waals surface area contributed by atoms with Crippen molar-refractivity contribution in [2.45, 2.75) is 26.3 Å². The fourth-order valence-electron chi connectivity index (χ4n) is 2.37. The smallest absolute Gasteiger partial charge is 0.134 e.